The quantitative estimate of drug-likeness (QED) is 0.760. The van der Waals surface area contributed by atoms with Crippen molar-refractivity contribution < 1.29 is 15.0 Å². The summed E-state index contributed by atoms with van der Waals surface area (Å²) in [5, 5.41) is 19.2. The molecule has 0 aromatic heterocycles. The van der Waals surface area contributed by atoms with Gasteiger partial charge in [-0.3, -0.25) is 0 Å². The van der Waals surface area contributed by atoms with Gasteiger partial charge < -0.3 is 15.9 Å². The van der Waals surface area contributed by atoms with Crippen molar-refractivity contribution in [1.82, 2.24) is 0 Å². The Hall–Kier alpha value is -0.780. The first-order valence-electron chi connectivity index (χ1n) is 6.52. The zero-order valence-electron chi connectivity index (χ0n) is 11.0. The molecule has 0 aliphatic heterocycles. The van der Waals surface area contributed by atoms with Gasteiger partial charge in [-0.15, -0.1) is 12.4 Å². The van der Waals surface area contributed by atoms with Crippen LogP contribution in [-0.4, -0.2) is 16.2 Å². The Morgan fingerprint density at radius 3 is 2.45 bits per heavy atom. The largest absolute Gasteiger partial charge is 0.506 e. The van der Waals surface area contributed by atoms with Gasteiger partial charge in [0.1, 0.15) is 5.75 Å². The zero-order chi connectivity index (χ0) is 14.0. The SMILES string of the molecule is Cl.N[C@H](c1cc(C(=O)O)cc(Br)c1O)C1CCCCC1. The van der Waals surface area contributed by atoms with Crippen LogP contribution in [-0.2, 0) is 0 Å². The molecule has 0 heterocycles. The van der Waals surface area contributed by atoms with Crippen molar-refractivity contribution in [2.24, 2.45) is 11.7 Å². The molecule has 112 valence electrons. The lowest BCUT2D eigenvalue weighted by molar-refractivity contribution is 0.0696. The smallest absolute Gasteiger partial charge is 0.335 e. The Balaban J connectivity index is 0.00000200. The molecule has 4 N–H and O–H groups in total. The minimum Gasteiger partial charge on any atom is -0.506 e. The number of nitrogens with two attached hydrogens (primary N) is 1. The van der Waals surface area contributed by atoms with Gasteiger partial charge in [0, 0.05) is 11.6 Å². The number of aromatic carboxylic acids is 1. The lowest BCUT2D eigenvalue weighted by Crippen LogP contribution is -2.24. The molecule has 1 aromatic carbocycles. The first kappa shape index (κ1) is 17.3. The Morgan fingerprint density at radius 2 is 1.90 bits per heavy atom. The van der Waals surface area contributed by atoms with Crippen LogP contribution in [0.3, 0.4) is 0 Å². The van der Waals surface area contributed by atoms with Gasteiger partial charge in [-0.25, -0.2) is 4.79 Å². The van der Waals surface area contributed by atoms with Crippen LogP contribution in [0.5, 0.6) is 5.75 Å². The van der Waals surface area contributed by atoms with E-state index in [1.54, 1.807) is 0 Å². The number of phenolic OH excluding ortho intramolecular Hbond substituents is 1. The average molecular weight is 365 g/mol. The van der Waals surface area contributed by atoms with Crippen LogP contribution in [0.25, 0.3) is 0 Å². The molecule has 1 fully saturated rings. The van der Waals surface area contributed by atoms with Gasteiger partial charge in [0.25, 0.3) is 0 Å². The summed E-state index contributed by atoms with van der Waals surface area (Å²) in [5.74, 6) is -0.642. The molecule has 20 heavy (non-hydrogen) atoms. The van der Waals surface area contributed by atoms with Crippen molar-refractivity contribution in [3.8, 4) is 5.75 Å². The van der Waals surface area contributed by atoms with E-state index < -0.39 is 5.97 Å². The molecule has 1 aromatic rings. The van der Waals surface area contributed by atoms with Crippen molar-refractivity contribution >= 4 is 34.3 Å². The third-order valence-electron chi connectivity index (χ3n) is 3.86. The van der Waals surface area contributed by atoms with Crippen LogP contribution in [0.4, 0.5) is 0 Å². The van der Waals surface area contributed by atoms with Crippen molar-refractivity contribution in [3.63, 3.8) is 0 Å². The average Bonchev–Trinajstić information content (AvgIpc) is 2.41. The first-order chi connectivity index (χ1) is 9.00. The normalized spacial score (nSPS) is 17.3. The van der Waals surface area contributed by atoms with E-state index in [0.29, 0.717) is 16.0 Å². The molecule has 0 bridgehead atoms. The van der Waals surface area contributed by atoms with Crippen molar-refractivity contribution in [2.45, 2.75) is 38.1 Å². The molecule has 1 atom stereocenters. The summed E-state index contributed by atoms with van der Waals surface area (Å²) in [6.07, 6.45) is 5.61. The summed E-state index contributed by atoms with van der Waals surface area (Å²) in [6, 6.07) is 2.58. The molecule has 1 aliphatic carbocycles. The third kappa shape index (κ3) is 3.65. The summed E-state index contributed by atoms with van der Waals surface area (Å²) in [6.45, 7) is 0. The van der Waals surface area contributed by atoms with Crippen molar-refractivity contribution in [2.75, 3.05) is 0 Å². The number of aromatic hydroxyl groups is 1. The summed E-state index contributed by atoms with van der Waals surface area (Å²) >= 11 is 3.19. The molecule has 2 rings (SSSR count). The number of hydrogen-bond donors (Lipinski definition) is 3. The summed E-state index contributed by atoms with van der Waals surface area (Å²) in [7, 11) is 0. The summed E-state index contributed by atoms with van der Waals surface area (Å²) in [5.41, 5.74) is 6.91. The molecular weight excluding hydrogens is 346 g/mol. The second kappa shape index (κ2) is 7.29. The van der Waals surface area contributed by atoms with Gasteiger partial charge in [-0.2, -0.15) is 0 Å². The van der Waals surface area contributed by atoms with E-state index in [9.17, 15) is 9.90 Å². The topological polar surface area (TPSA) is 83.6 Å². The van der Waals surface area contributed by atoms with Crippen molar-refractivity contribution in [3.05, 3.63) is 27.7 Å². The number of benzene rings is 1. The Labute approximate surface area is 132 Å². The van der Waals surface area contributed by atoms with Crippen LogP contribution < -0.4 is 5.73 Å². The van der Waals surface area contributed by atoms with Gasteiger partial charge in [0.15, 0.2) is 0 Å². The van der Waals surface area contributed by atoms with Crippen LogP contribution in [0.2, 0.25) is 0 Å². The fourth-order valence-corrected chi connectivity index (χ4v) is 3.22. The predicted octanol–water partition coefficient (Wildman–Crippen LogP) is 3.85. The minimum absolute atomic E-state index is 0. The van der Waals surface area contributed by atoms with Gasteiger partial charge in [-0.1, -0.05) is 19.3 Å². The number of rotatable bonds is 3. The van der Waals surface area contributed by atoms with E-state index >= 15 is 0 Å². The Kier molecular flexibility index (Phi) is 6.30. The highest BCUT2D eigenvalue weighted by atomic mass is 79.9. The number of carboxylic acid groups (broad SMARTS) is 1. The molecule has 0 amide bonds. The molecule has 0 spiro atoms. The molecule has 0 unspecified atom stereocenters. The van der Waals surface area contributed by atoms with Crippen LogP contribution >= 0.6 is 28.3 Å². The van der Waals surface area contributed by atoms with Gasteiger partial charge in [0.05, 0.1) is 10.0 Å². The maximum Gasteiger partial charge on any atom is 0.335 e. The van der Waals surface area contributed by atoms with Crippen molar-refractivity contribution in [1.29, 1.82) is 0 Å². The van der Waals surface area contributed by atoms with E-state index in [1.807, 2.05) is 0 Å². The van der Waals surface area contributed by atoms with Gasteiger partial charge in [0.2, 0.25) is 0 Å². The van der Waals surface area contributed by atoms with Crippen LogP contribution in [0.15, 0.2) is 16.6 Å². The van der Waals surface area contributed by atoms with E-state index in [4.69, 9.17) is 10.8 Å². The maximum atomic E-state index is 11.1. The zero-order valence-corrected chi connectivity index (χ0v) is 13.4. The summed E-state index contributed by atoms with van der Waals surface area (Å²) in [4.78, 5) is 11.1. The van der Waals surface area contributed by atoms with Gasteiger partial charge in [-0.05, 0) is 46.8 Å². The van der Waals surface area contributed by atoms with E-state index in [0.717, 1.165) is 25.7 Å². The highest BCUT2D eigenvalue weighted by molar-refractivity contribution is 9.10. The van der Waals surface area contributed by atoms with Gasteiger partial charge >= 0.3 is 5.97 Å². The number of carboxylic acids is 1. The van der Waals surface area contributed by atoms with E-state index in [1.165, 1.54) is 18.6 Å². The fourth-order valence-electron chi connectivity index (χ4n) is 2.75. The van der Waals surface area contributed by atoms with E-state index in [-0.39, 0.29) is 29.8 Å². The molecular formula is C14H19BrClNO3. The van der Waals surface area contributed by atoms with E-state index in [2.05, 4.69) is 15.9 Å². The first-order valence-corrected chi connectivity index (χ1v) is 7.31. The highest BCUT2D eigenvalue weighted by Gasteiger charge is 2.25. The predicted molar refractivity (Wildman–Crippen MR) is 83.5 cm³/mol. The third-order valence-corrected chi connectivity index (χ3v) is 4.46. The second-order valence-electron chi connectivity index (χ2n) is 5.12. The fraction of sp³-hybridized carbons (Fsp3) is 0.500. The molecule has 1 saturated carbocycles. The molecule has 4 nitrogen and oxygen atoms in total. The molecule has 0 saturated heterocycles. The summed E-state index contributed by atoms with van der Waals surface area (Å²) < 4.78 is 0.383. The van der Waals surface area contributed by atoms with Crippen LogP contribution in [0, 0.1) is 5.92 Å². The molecule has 6 heteroatoms. The minimum atomic E-state index is -1.02. The monoisotopic (exact) mass is 363 g/mol. The lowest BCUT2D eigenvalue weighted by Gasteiger charge is -2.28. The number of phenols is 1. The Morgan fingerprint density at radius 1 is 1.30 bits per heavy atom. The van der Waals surface area contributed by atoms with Crippen LogP contribution in [0.1, 0.15) is 54.1 Å². The second-order valence-corrected chi connectivity index (χ2v) is 5.98. The maximum absolute atomic E-state index is 11.1. The molecule has 1 aliphatic rings. The number of carbonyl (C=O) groups is 1. The lowest BCUT2D eigenvalue weighted by atomic mass is 9.81. The number of halogens is 2. The highest BCUT2D eigenvalue weighted by Crippen LogP contribution is 2.39. The number of hydrogen-bond acceptors (Lipinski definition) is 3. The Bertz CT molecular complexity index is 490. The standard InChI is InChI=1S/C14H18BrNO3.ClH/c15-11-7-9(14(18)19)6-10(13(11)17)12(16)8-4-2-1-3-5-8;/h6-8,12,17H,1-5,16H2,(H,18,19);1H/t12-;/m0./s1. The molecule has 0 radical (unpaired) electrons.